The van der Waals surface area contributed by atoms with Crippen LogP contribution in [0.25, 0.3) is 16.6 Å². The monoisotopic (exact) mass is 446 g/mol. The van der Waals surface area contributed by atoms with Crippen LogP contribution in [0.15, 0.2) is 69.3 Å². The van der Waals surface area contributed by atoms with Gasteiger partial charge in [0.15, 0.2) is 6.04 Å². The highest BCUT2D eigenvalue weighted by atomic mass is 16.5. The van der Waals surface area contributed by atoms with Crippen LogP contribution >= 0.6 is 0 Å². The van der Waals surface area contributed by atoms with Gasteiger partial charge < -0.3 is 14.8 Å². The van der Waals surface area contributed by atoms with Crippen LogP contribution in [-0.2, 0) is 16.0 Å². The molecule has 1 unspecified atom stereocenters. The summed E-state index contributed by atoms with van der Waals surface area (Å²) in [5.41, 5.74) is 1.05. The van der Waals surface area contributed by atoms with Crippen molar-refractivity contribution in [3.05, 3.63) is 92.3 Å². The van der Waals surface area contributed by atoms with E-state index in [4.69, 9.17) is 4.74 Å². The number of aryl methyl sites for hydroxylation is 1. The number of esters is 1. The molecule has 0 aliphatic rings. The highest BCUT2D eigenvalue weighted by Gasteiger charge is 2.21. The number of nitrogens with one attached hydrogen (secondary N) is 2. The number of aromatic amines is 2. The molecule has 9 nitrogen and oxygen atoms in total. The van der Waals surface area contributed by atoms with Gasteiger partial charge in [0.2, 0.25) is 5.88 Å². The van der Waals surface area contributed by atoms with Crippen molar-refractivity contribution in [2.75, 3.05) is 7.11 Å². The number of hydrogen-bond acceptors (Lipinski definition) is 6. The van der Waals surface area contributed by atoms with Crippen LogP contribution in [0, 0.1) is 6.92 Å². The summed E-state index contributed by atoms with van der Waals surface area (Å²) in [6.07, 6.45) is 3.10. The molecule has 2 aromatic heterocycles. The predicted molar refractivity (Wildman–Crippen MR) is 124 cm³/mol. The fourth-order valence-electron chi connectivity index (χ4n) is 3.70. The van der Waals surface area contributed by atoms with Crippen molar-refractivity contribution in [2.24, 2.45) is 4.99 Å². The second kappa shape index (κ2) is 8.99. The largest absolute Gasteiger partial charge is 0.493 e. The molecule has 0 aliphatic heterocycles. The van der Waals surface area contributed by atoms with Gasteiger partial charge in [-0.15, -0.1) is 0 Å². The summed E-state index contributed by atoms with van der Waals surface area (Å²) in [5.74, 6) is -1.17. The van der Waals surface area contributed by atoms with E-state index in [9.17, 15) is 19.5 Å². The molecule has 0 radical (unpaired) electrons. The summed E-state index contributed by atoms with van der Waals surface area (Å²) in [7, 11) is 1.25. The Labute approximate surface area is 188 Å². The van der Waals surface area contributed by atoms with E-state index in [2.05, 4.69) is 15.0 Å². The Balaban J connectivity index is 1.75. The minimum absolute atomic E-state index is 0.212. The maximum absolute atomic E-state index is 12.4. The quantitative estimate of drug-likeness (QED) is 0.309. The molecule has 0 amide bonds. The van der Waals surface area contributed by atoms with Crippen molar-refractivity contribution in [1.29, 1.82) is 0 Å². The maximum Gasteiger partial charge on any atom is 0.335 e. The van der Waals surface area contributed by atoms with E-state index in [0.29, 0.717) is 5.69 Å². The number of rotatable bonds is 6. The second-order valence-electron chi connectivity index (χ2n) is 7.50. The van der Waals surface area contributed by atoms with E-state index in [1.807, 2.05) is 24.3 Å². The van der Waals surface area contributed by atoms with Crippen molar-refractivity contribution in [3.63, 3.8) is 0 Å². The molecule has 0 spiro atoms. The van der Waals surface area contributed by atoms with Crippen LogP contribution in [0.5, 0.6) is 5.88 Å². The third-order valence-electron chi connectivity index (χ3n) is 5.42. The summed E-state index contributed by atoms with van der Waals surface area (Å²) in [4.78, 5) is 46.8. The fraction of sp³-hybridized carbons (Fsp3) is 0.167. The first-order chi connectivity index (χ1) is 15.9. The lowest BCUT2D eigenvalue weighted by atomic mass is 10.1. The summed E-state index contributed by atoms with van der Waals surface area (Å²) >= 11 is 0. The van der Waals surface area contributed by atoms with Gasteiger partial charge in [0, 0.05) is 29.7 Å². The second-order valence-corrected chi connectivity index (χ2v) is 7.50. The van der Waals surface area contributed by atoms with Gasteiger partial charge in [-0.2, -0.15) is 0 Å². The third-order valence-corrected chi connectivity index (χ3v) is 5.42. The highest BCUT2D eigenvalue weighted by molar-refractivity contribution is 5.87. The number of carbonyl (C=O) groups is 1. The normalized spacial score (nSPS) is 12.3. The molecule has 0 aliphatic carbocycles. The zero-order chi connectivity index (χ0) is 23.5. The predicted octanol–water partition coefficient (Wildman–Crippen LogP) is 2.22. The zero-order valence-electron chi connectivity index (χ0n) is 18.0. The van der Waals surface area contributed by atoms with Gasteiger partial charge in [0.05, 0.1) is 12.8 Å². The lowest BCUT2D eigenvalue weighted by Gasteiger charge is -2.13. The van der Waals surface area contributed by atoms with E-state index in [1.165, 1.54) is 7.11 Å². The van der Waals surface area contributed by atoms with Crippen LogP contribution < -0.4 is 11.2 Å². The molecule has 33 heavy (non-hydrogen) atoms. The number of nitrogens with zero attached hydrogens (tertiary/aromatic N) is 2. The number of aromatic hydroxyl groups is 1. The van der Waals surface area contributed by atoms with E-state index >= 15 is 0 Å². The lowest BCUT2D eigenvalue weighted by Crippen LogP contribution is -2.32. The Bertz CT molecular complexity index is 1480. The number of fused-ring (bicyclic) bond motifs is 1. The number of H-pyrrole nitrogens is 2. The number of aliphatic imine (C=N–C) groups is 1. The molecular formula is C24H22N4O5. The molecule has 0 bridgehead atoms. The average Bonchev–Trinajstić information content (AvgIpc) is 3.21. The molecule has 4 rings (SSSR count). The van der Waals surface area contributed by atoms with E-state index < -0.39 is 29.1 Å². The Kier molecular flexibility index (Phi) is 5.95. The van der Waals surface area contributed by atoms with Crippen LogP contribution in [0.1, 0.15) is 16.7 Å². The number of aromatic nitrogens is 3. The maximum atomic E-state index is 12.4. The van der Waals surface area contributed by atoms with Crippen LogP contribution in [-0.4, -0.2) is 45.0 Å². The van der Waals surface area contributed by atoms with Crippen molar-refractivity contribution < 1.29 is 14.6 Å². The Hall–Kier alpha value is -4.40. The first-order valence-electron chi connectivity index (χ1n) is 10.2. The SMILES string of the molecule is COC(=O)C(Cc1c[nH]c2ccccc12)N=Cc1c(O)n(-c2ccccc2C)c(=O)[nH]c1=O. The minimum atomic E-state index is -0.966. The Morgan fingerprint density at radius 1 is 1.18 bits per heavy atom. The minimum Gasteiger partial charge on any atom is -0.493 e. The number of hydrogen-bond donors (Lipinski definition) is 3. The smallest absolute Gasteiger partial charge is 0.335 e. The van der Waals surface area contributed by atoms with Crippen molar-refractivity contribution in [2.45, 2.75) is 19.4 Å². The molecule has 3 N–H and O–H groups in total. The van der Waals surface area contributed by atoms with Crippen molar-refractivity contribution in [3.8, 4) is 11.6 Å². The summed E-state index contributed by atoms with van der Waals surface area (Å²) in [6.45, 7) is 1.77. The Morgan fingerprint density at radius 3 is 2.67 bits per heavy atom. The molecular weight excluding hydrogens is 424 g/mol. The third kappa shape index (κ3) is 4.20. The van der Waals surface area contributed by atoms with Gasteiger partial charge in [0.1, 0.15) is 5.56 Å². The molecule has 2 aromatic carbocycles. The van der Waals surface area contributed by atoms with Gasteiger partial charge in [-0.3, -0.25) is 14.8 Å². The molecule has 168 valence electrons. The van der Waals surface area contributed by atoms with Crippen LogP contribution in [0.2, 0.25) is 0 Å². The summed E-state index contributed by atoms with van der Waals surface area (Å²) in [5, 5.41) is 11.7. The highest BCUT2D eigenvalue weighted by Crippen LogP contribution is 2.21. The summed E-state index contributed by atoms with van der Waals surface area (Å²) < 4.78 is 5.87. The van der Waals surface area contributed by atoms with Crippen molar-refractivity contribution >= 4 is 23.1 Å². The molecule has 4 aromatic rings. The van der Waals surface area contributed by atoms with Gasteiger partial charge in [0.25, 0.3) is 5.56 Å². The molecule has 0 saturated heterocycles. The van der Waals surface area contributed by atoms with Gasteiger partial charge in [-0.25, -0.2) is 14.2 Å². The van der Waals surface area contributed by atoms with Gasteiger partial charge >= 0.3 is 11.7 Å². The number of para-hydroxylation sites is 2. The standard InChI is InChI=1S/C24H22N4O5/c1-14-7-3-6-10-20(14)28-22(30)17(21(29)27-24(28)32)13-26-19(23(31)33-2)11-15-12-25-18-9-5-4-8-16(15)18/h3-10,12-13,19,25,30H,11H2,1-2H3,(H,27,29,32). The summed E-state index contributed by atoms with van der Waals surface area (Å²) in [6, 6.07) is 13.6. The molecule has 0 saturated carbocycles. The fourth-order valence-corrected chi connectivity index (χ4v) is 3.70. The van der Waals surface area contributed by atoms with E-state index in [-0.39, 0.29) is 12.0 Å². The van der Waals surface area contributed by atoms with Gasteiger partial charge in [-0.05, 0) is 30.2 Å². The number of carbonyl (C=O) groups excluding carboxylic acids is 1. The zero-order valence-corrected chi connectivity index (χ0v) is 18.0. The Morgan fingerprint density at radius 2 is 1.91 bits per heavy atom. The molecule has 9 heteroatoms. The molecule has 0 fully saturated rings. The number of methoxy groups -OCH3 is 1. The lowest BCUT2D eigenvalue weighted by molar-refractivity contribution is -0.142. The number of ether oxygens (including phenoxy) is 1. The number of benzene rings is 2. The van der Waals surface area contributed by atoms with Crippen molar-refractivity contribution in [1.82, 2.24) is 14.5 Å². The van der Waals surface area contributed by atoms with E-state index in [1.54, 1.807) is 37.4 Å². The first-order valence-corrected chi connectivity index (χ1v) is 10.2. The van der Waals surface area contributed by atoms with Gasteiger partial charge in [-0.1, -0.05) is 36.4 Å². The first kappa shape index (κ1) is 21.8. The average molecular weight is 446 g/mol. The molecule has 2 heterocycles. The van der Waals surface area contributed by atoms with Crippen LogP contribution in [0.3, 0.4) is 0 Å². The van der Waals surface area contributed by atoms with Crippen LogP contribution in [0.4, 0.5) is 0 Å². The van der Waals surface area contributed by atoms with E-state index in [0.717, 1.165) is 32.8 Å². The molecule has 1 atom stereocenters. The topological polar surface area (TPSA) is 130 Å².